The molecule has 136 valence electrons. The number of fused-ring (bicyclic) bond motifs is 2. The van der Waals surface area contributed by atoms with E-state index < -0.39 is 22.1 Å². The smallest absolute Gasteiger partial charge is 0.265 e. The summed E-state index contributed by atoms with van der Waals surface area (Å²) < 4.78 is 34.8. The van der Waals surface area contributed by atoms with Gasteiger partial charge in [-0.1, -0.05) is 30.2 Å². The molecule has 25 heavy (non-hydrogen) atoms. The second-order valence-electron chi connectivity index (χ2n) is 6.91. The quantitative estimate of drug-likeness (QED) is 0.459. The van der Waals surface area contributed by atoms with Gasteiger partial charge in [0.25, 0.3) is 10.1 Å². The second kappa shape index (κ2) is 7.63. The molecule has 2 rings (SSSR count). The van der Waals surface area contributed by atoms with Crippen LogP contribution in [0.5, 0.6) is 0 Å². The van der Waals surface area contributed by atoms with Gasteiger partial charge in [0.15, 0.2) is 6.10 Å². The van der Waals surface area contributed by atoms with E-state index in [0.717, 1.165) is 41.6 Å². The lowest BCUT2D eigenvalue weighted by molar-refractivity contribution is 0.232. The van der Waals surface area contributed by atoms with Crippen molar-refractivity contribution >= 4 is 10.1 Å². The van der Waals surface area contributed by atoms with Gasteiger partial charge >= 0.3 is 0 Å². The van der Waals surface area contributed by atoms with Gasteiger partial charge in [0.1, 0.15) is 11.5 Å². The van der Waals surface area contributed by atoms with E-state index in [1.165, 1.54) is 0 Å². The first-order chi connectivity index (χ1) is 11.6. The molecule has 0 fully saturated rings. The normalized spacial score (nSPS) is 23.9. The maximum absolute atomic E-state index is 11.7. The van der Waals surface area contributed by atoms with Crippen molar-refractivity contribution in [2.24, 2.45) is 5.92 Å². The van der Waals surface area contributed by atoms with Crippen LogP contribution in [0.3, 0.4) is 0 Å². The minimum atomic E-state index is -3.66. The van der Waals surface area contributed by atoms with Crippen LogP contribution in [0, 0.1) is 24.7 Å². The van der Waals surface area contributed by atoms with E-state index in [0.29, 0.717) is 12.2 Å². The van der Waals surface area contributed by atoms with Crippen molar-refractivity contribution in [3.63, 3.8) is 0 Å². The molecule has 0 saturated carbocycles. The van der Waals surface area contributed by atoms with Crippen molar-refractivity contribution in [1.82, 2.24) is 0 Å². The van der Waals surface area contributed by atoms with E-state index >= 15 is 0 Å². The predicted molar refractivity (Wildman–Crippen MR) is 99.7 cm³/mol. The van der Waals surface area contributed by atoms with Gasteiger partial charge in [0, 0.05) is 12.8 Å². The third-order valence-corrected chi connectivity index (χ3v) is 5.01. The van der Waals surface area contributed by atoms with Gasteiger partial charge in [-0.2, -0.15) is 8.42 Å². The van der Waals surface area contributed by atoms with Gasteiger partial charge in [-0.25, -0.2) is 0 Å². The van der Waals surface area contributed by atoms with E-state index in [1.807, 2.05) is 26.8 Å². The fourth-order valence-electron chi connectivity index (χ4n) is 3.07. The van der Waals surface area contributed by atoms with Gasteiger partial charge in [-0.15, -0.1) is 5.92 Å². The fourth-order valence-corrected chi connectivity index (χ4v) is 3.61. The summed E-state index contributed by atoms with van der Waals surface area (Å²) in [5.41, 5.74) is 2.89. The summed E-state index contributed by atoms with van der Waals surface area (Å²) in [5.74, 6) is 7.44. The molecule has 0 spiro atoms. The zero-order valence-electron chi connectivity index (χ0n) is 15.4. The Labute approximate surface area is 151 Å². The molecule has 3 atom stereocenters. The average Bonchev–Trinajstić information content (AvgIpc) is 2.77. The summed E-state index contributed by atoms with van der Waals surface area (Å²) in [6, 6.07) is 1.94. The van der Waals surface area contributed by atoms with Crippen LogP contribution in [-0.2, 0) is 20.7 Å². The molecule has 1 aromatic rings. The predicted octanol–water partition coefficient (Wildman–Crippen LogP) is 4.12. The Morgan fingerprint density at radius 2 is 2.00 bits per heavy atom. The number of rotatable bonds is 4. The maximum Gasteiger partial charge on any atom is 0.265 e. The van der Waals surface area contributed by atoms with Gasteiger partial charge in [0.05, 0.1) is 12.2 Å². The molecule has 2 bridgehead atoms. The first kappa shape index (κ1) is 19.6. The first-order valence-electron chi connectivity index (χ1n) is 8.35. The first-order valence-corrected chi connectivity index (χ1v) is 10.2. The maximum atomic E-state index is 11.7. The van der Waals surface area contributed by atoms with Crippen molar-refractivity contribution in [3.05, 3.63) is 47.5 Å². The molecule has 5 heteroatoms. The second-order valence-corrected chi connectivity index (χ2v) is 8.51. The van der Waals surface area contributed by atoms with Crippen molar-refractivity contribution in [3.8, 4) is 11.8 Å². The molecule has 2 heterocycles. The number of aryl methyl sites for hydroxylation is 1. The van der Waals surface area contributed by atoms with Crippen LogP contribution in [0.4, 0.5) is 0 Å². The van der Waals surface area contributed by atoms with Crippen LogP contribution in [0.25, 0.3) is 0 Å². The number of furan rings is 1. The highest BCUT2D eigenvalue weighted by atomic mass is 32.2. The summed E-state index contributed by atoms with van der Waals surface area (Å²) in [4.78, 5) is 0. The highest BCUT2D eigenvalue weighted by Gasteiger charge is 2.31. The minimum Gasteiger partial charge on any atom is -0.465 e. The Morgan fingerprint density at radius 1 is 1.32 bits per heavy atom. The molecule has 4 nitrogen and oxygen atoms in total. The van der Waals surface area contributed by atoms with E-state index in [-0.39, 0.29) is 5.92 Å². The molecule has 0 radical (unpaired) electrons. The Hall–Kier alpha value is -1.77. The zero-order chi connectivity index (χ0) is 18.8. The lowest BCUT2D eigenvalue weighted by Crippen LogP contribution is -2.24. The highest BCUT2D eigenvalue weighted by Crippen LogP contribution is 2.34. The molecule has 0 aliphatic carbocycles. The minimum absolute atomic E-state index is 0.280. The molecule has 1 aliphatic rings. The lowest BCUT2D eigenvalue weighted by atomic mass is 9.89. The number of allylic oxidation sites excluding steroid dienone is 1. The van der Waals surface area contributed by atoms with Gasteiger partial charge < -0.3 is 4.42 Å². The van der Waals surface area contributed by atoms with Crippen LogP contribution in [0.1, 0.15) is 49.7 Å². The molecule has 0 N–H and O–H groups in total. The summed E-state index contributed by atoms with van der Waals surface area (Å²) in [6.07, 6.45) is 2.46. The van der Waals surface area contributed by atoms with Crippen LogP contribution in [-0.4, -0.2) is 20.8 Å². The zero-order valence-corrected chi connectivity index (χ0v) is 16.2. The van der Waals surface area contributed by atoms with Crippen molar-refractivity contribution < 1.29 is 17.0 Å². The lowest BCUT2D eigenvalue weighted by Gasteiger charge is -2.21. The summed E-state index contributed by atoms with van der Waals surface area (Å²) in [5, 5.41) is 0. The average molecular weight is 362 g/mol. The monoisotopic (exact) mass is 362 g/mol. The van der Waals surface area contributed by atoms with Crippen molar-refractivity contribution in [2.45, 2.75) is 52.1 Å². The van der Waals surface area contributed by atoms with Crippen molar-refractivity contribution in [1.29, 1.82) is 0 Å². The molecule has 0 saturated heterocycles. The summed E-state index contributed by atoms with van der Waals surface area (Å²) >= 11 is 0. The molecule has 0 unspecified atom stereocenters. The molecule has 1 aromatic heterocycles. The topological polar surface area (TPSA) is 56.5 Å². The molecule has 1 aliphatic heterocycles. The Morgan fingerprint density at radius 3 is 2.56 bits per heavy atom. The highest BCUT2D eigenvalue weighted by molar-refractivity contribution is 7.86. The molecule has 0 amide bonds. The van der Waals surface area contributed by atoms with Crippen molar-refractivity contribution in [2.75, 3.05) is 6.26 Å². The van der Waals surface area contributed by atoms with Gasteiger partial charge in [0.2, 0.25) is 0 Å². The van der Waals surface area contributed by atoms with Gasteiger partial charge in [-0.3, -0.25) is 4.18 Å². The van der Waals surface area contributed by atoms with E-state index in [9.17, 15) is 8.42 Å². The summed E-state index contributed by atoms with van der Waals surface area (Å²) in [6.45, 7) is 13.9. The SMILES string of the molecule is C=C(C)[C@@H]1CCC#C[C@@H](OS(C)(=O)=O)[C@@H](C(=C)C)c2cc(C)c(o2)C1. The third kappa shape index (κ3) is 5.10. The van der Waals surface area contributed by atoms with E-state index in [2.05, 4.69) is 25.0 Å². The van der Waals surface area contributed by atoms with E-state index in [4.69, 9.17) is 8.60 Å². The Kier molecular flexibility index (Phi) is 5.97. The molecular formula is C20H26O4S. The molecule has 0 aromatic carbocycles. The number of hydrogen-bond donors (Lipinski definition) is 0. The number of hydrogen-bond acceptors (Lipinski definition) is 4. The van der Waals surface area contributed by atoms with Gasteiger partial charge in [-0.05, 0) is 44.7 Å². The van der Waals surface area contributed by atoms with E-state index in [1.54, 1.807) is 0 Å². The van der Waals surface area contributed by atoms with Crippen LogP contribution >= 0.6 is 0 Å². The Bertz CT molecular complexity index is 833. The third-order valence-electron chi connectivity index (χ3n) is 4.45. The standard InChI is InChI=1S/C20H26O4S/c1-13(2)16-9-7-8-10-17(24-25(6,21)22)20(14(3)4)19-11-15(5)18(12-16)23-19/h11,16-17,20H,1,3,7,9,12H2,2,4-6H3/t16-,17-,20-/m1/s1. The van der Waals surface area contributed by atoms with Crippen LogP contribution in [0.2, 0.25) is 0 Å². The van der Waals surface area contributed by atoms with Crippen LogP contribution < -0.4 is 0 Å². The fraction of sp³-hybridized carbons (Fsp3) is 0.500. The summed E-state index contributed by atoms with van der Waals surface area (Å²) in [7, 11) is -3.66. The van der Waals surface area contributed by atoms with Crippen LogP contribution in [0.15, 0.2) is 34.8 Å². The largest absolute Gasteiger partial charge is 0.465 e. The molecular weight excluding hydrogens is 336 g/mol. The Balaban J connectivity index is 2.54.